The summed E-state index contributed by atoms with van der Waals surface area (Å²) in [6.07, 6.45) is 0.812. The smallest absolute Gasteiger partial charge is 0.306 e. The Kier molecular flexibility index (Phi) is 7.82. The Morgan fingerprint density at radius 1 is 1.14 bits per heavy atom. The minimum absolute atomic E-state index is 0.0128. The second kappa shape index (κ2) is 9.39. The number of carbonyl (C=O) groups excluding carboxylic acids is 2. The molecule has 0 saturated heterocycles. The van der Waals surface area contributed by atoms with Crippen LogP contribution in [0.3, 0.4) is 0 Å². The van der Waals surface area contributed by atoms with Gasteiger partial charge in [0, 0.05) is 10.0 Å². The van der Waals surface area contributed by atoms with Gasteiger partial charge in [0.1, 0.15) is 12.4 Å². The van der Waals surface area contributed by atoms with Crippen molar-refractivity contribution in [3.8, 4) is 5.75 Å². The molecule has 0 unspecified atom stereocenters. The fourth-order valence-electron chi connectivity index (χ4n) is 1.58. The zero-order valence-electron chi connectivity index (χ0n) is 12.2. The molecule has 0 radical (unpaired) electrons. The Labute approximate surface area is 132 Å². The van der Waals surface area contributed by atoms with E-state index in [9.17, 15) is 9.59 Å². The van der Waals surface area contributed by atoms with E-state index in [1.54, 1.807) is 13.2 Å². The molecule has 0 aliphatic heterocycles. The molecule has 0 fully saturated rings. The minimum Gasteiger partial charge on any atom is -0.496 e. The highest BCUT2D eigenvalue weighted by Crippen LogP contribution is 2.23. The van der Waals surface area contributed by atoms with E-state index < -0.39 is 5.97 Å². The van der Waals surface area contributed by atoms with Crippen molar-refractivity contribution < 1.29 is 23.8 Å². The number of ether oxygens (including phenoxy) is 3. The second-order valence-electron chi connectivity index (χ2n) is 4.34. The summed E-state index contributed by atoms with van der Waals surface area (Å²) in [5, 5.41) is 0. The quantitative estimate of drug-likeness (QED) is 0.667. The summed E-state index contributed by atoms with van der Waals surface area (Å²) >= 11 is 3.35. The van der Waals surface area contributed by atoms with Gasteiger partial charge in [-0.2, -0.15) is 0 Å². The van der Waals surface area contributed by atoms with Crippen LogP contribution in [-0.2, 0) is 25.7 Å². The van der Waals surface area contributed by atoms with Crippen molar-refractivity contribution in [2.24, 2.45) is 0 Å². The Bertz CT molecular complexity index is 487. The van der Waals surface area contributed by atoms with E-state index in [-0.39, 0.29) is 25.4 Å². The van der Waals surface area contributed by atoms with Crippen molar-refractivity contribution in [3.63, 3.8) is 0 Å². The maximum atomic E-state index is 11.6. The number of hydrogen-bond donors (Lipinski definition) is 0. The van der Waals surface area contributed by atoms with E-state index >= 15 is 0 Å². The summed E-state index contributed by atoms with van der Waals surface area (Å²) in [5.74, 6) is -0.173. The third-order valence-electron chi connectivity index (χ3n) is 2.63. The molecular formula is C15H19BrO5. The highest BCUT2D eigenvalue weighted by Gasteiger charge is 2.11. The summed E-state index contributed by atoms with van der Waals surface area (Å²) in [5.41, 5.74) is 0.758. The summed E-state index contributed by atoms with van der Waals surface area (Å²) in [6, 6.07) is 5.45. The van der Waals surface area contributed by atoms with Crippen LogP contribution in [0, 0.1) is 0 Å². The molecule has 116 valence electrons. The van der Waals surface area contributed by atoms with Gasteiger partial charge in [-0.15, -0.1) is 0 Å². The molecule has 0 spiro atoms. The molecule has 0 aliphatic carbocycles. The summed E-state index contributed by atoms with van der Waals surface area (Å²) in [6.45, 7) is 2.39. The fourth-order valence-corrected chi connectivity index (χ4v) is 1.99. The number of esters is 2. The van der Waals surface area contributed by atoms with Gasteiger partial charge in [0.15, 0.2) is 0 Å². The van der Waals surface area contributed by atoms with E-state index in [4.69, 9.17) is 14.2 Å². The maximum Gasteiger partial charge on any atom is 0.306 e. The lowest BCUT2D eigenvalue weighted by Crippen LogP contribution is -2.11. The van der Waals surface area contributed by atoms with Gasteiger partial charge in [-0.05, 0) is 24.6 Å². The molecule has 0 aromatic heterocycles. The topological polar surface area (TPSA) is 61.8 Å². The number of rotatable bonds is 8. The molecule has 1 aromatic rings. The molecule has 0 N–H and O–H groups in total. The molecule has 5 nitrogen and oxygen atoms in total. The molecule has 0 heterocycles. The van der Waals surface area contributed by atoms with E-state index in [2.05, 4.69) is 15.9 Å². The van der Waals surface area contributed by atoms with Crippen LogP contribution in [0.25, 0.3) is 0 Å². The van der Waals surface area contributed by atoms with Gasteiger partial charge < -0.3 is 14.2 Å². The Hall–Kier alpha value is -1.56. The Morgan fingerprint density at radius 2 is 1.81 bits per heavy atom. The minimum atomic E-state index is -0.439. The number of carbonyl (C=O) groups is 2. The average molecular weight is 359 g/mol. The first-order valence-corrected chi connectivity index (χ1v) is 7.49. The zero-order chi connectivity index (χ0) is 15.7. The number of hydrogen-bond acceptors (Lipinski definition) is 5. The molecular weight excluding hydrogens is 340 g/mol. The van der Waals surface area contributed by atoms with Gasteiger partial charge >= 0.3 is 11.9 Å². The fraction of sp³-hybridized carbons (Fsp3) is 0.467. The first-order valence-electron chi connectivity index (χ1n) is 6.70. The lowest BCUT2D eigenvalue weighted by molar-refractivity contribution is -0.151. The maximum absolute atomic E-state index is 11.6. The highest BCUT2D eigenvalue weighted by molar-refractivity contribution is 9.10. The summed E-state index contributed by atoms with van der Waals surface area (Å²) in [4.78, 5) is 22.9. The third kappa shape index (κ3) is 6.62. The first-order chi connectivity index (χ1) is 10.1. The summed E-state index contributed by atoms with van der Waals surface area (Å²) in [7, 11) is 1.55. The molecule has 21 heavy (non-hydrogen) atoms. The average Bonchev–Trinajstić information content (AvgIpc) is 2.48. The number of methoxy groups -OCH3 is 1. The lowest BCUT2D eigenvalue weighted by atomic mass is 10.2. The van der Waals surface area contributed by atoms with Gasteiger partial charge in [0.2, 0.25) is 0 Å². The standard InChI is InChI=1S/C15H19BrO5/c1-3-8-20-14(17)6-7-15(18)21-10-11-9-12(16)4-5-13(11)19-2/h4-5,9H,3,6-8,10H2,1-2H3. The van der Waals surface area contributed by atoms with Crippen molar-refractivity contribution in [2.75, 3.05) is 13.7 Å². The molecule has 0 saturated carbocycles. The van der Waals surface area contributed by atoms with Crippen molar-refractivity contribution in [3.05, 3.63) is 28.2 Å². The summed E-state index contributed by atoms with van der Waals surface area (Å²) < 4.78 is 16.1. The highest BCUT2D eigenvalue weighted by atomic mass is 79.9. The predicted molar refractivity (Wildman–Crippen MR) is 81.0 cm³/mol. The SMILES string of the molecule is CCCOC(=O)CCC(=O)OCc1cc(Br)ccc1OC. The van der Waals surface area contributed by atoms with E-state index in [1.807, 2.05) is 19.1 Å². The molecule has 1 rings (SSSR count). The van der Waals surface area contributed by atoms with Gasteiger partial charge in [0.25, 0.3) is 0 Å². The Morgan fingerprint density at radius 3 is 2.43 bits per heavy atom. The van der Waals surface area contributed by atoms with Crippen LogP contribution >= 0.6 is 15.9 Å². The van der Waals surface area contributed by atoms with Crippen LogP contribution in [0.5, 0.6) is 5.75 Å². The van der Waals surface area contributed by atoms with Gasteiger partial charge in [0.05, 0.1) is 26.6 Å². The largest absolute Gasteiger partial charge is 0.496 e. The second-order valence-corrected chi connectivity index (χ2v) is 5.25. The zero-order valence-corrected chi connectivity index (χ0v) is 13.8. The first kappa shape index (κ1) is 17.5. The molecule has 1 aromatic carbocycles. The van der Waals surface area contributed by atoms with Crippen LogP contribution < -0.4 is 4.74 Å². The number of benzene rings is 1. The molecule has 6 heteroatoms. The van der Waals surface area contributed by atoms with Crippen LogP contribution in [0.1, 0.15) is 31.7 Å². The van der Waals surface area contributed by atoms with Crippen molar-refractivity contribution >= 4 is 27.9 Å². The lowest BCUT2D eigenvalue weighted by Gasteiger charge is -2.10. The monoisotopic (exact) mass is 358 g/mol. The van der Waals surface area contributed by atoms with E-state index in [0.29, 0.717) is 12.4 Å². The number of halogens is 1. The normalized spacial score (nSPS) is 10.0. The predicted octanol–water partition coefficient (Wildman–Crippen LogP) is 3.23. The van der Waals surface area contributed by atoms with Crippen LogP contribution in [-0.4, -0.2) is 25.7 Å². The van der Waals surface area contributed by atoms with Crippen molar-refractivity contribution in [1.82, 2.24) is 0 Å². The molecule has 0 bridgehead atoms. The molecule has 0 amide bonds. The third-order valence-corrected chi connectivity index (χ3v) is 3.12. The van der Waals surface area contributed by atoms with Crippen LogP contribution in [0.2, 0.25) is 0 Å². The van der Waals surface area contributed by atoms with Crippen LogP contribution in [0.15, 0.2) is 22.7 Å². The van der Waals surface area contributed by atoms with Gasteiger partial charge in [-0.3, -0.25) is 9.59 Å². The van der Waals surface area contributed by atoms with E-state index in [1.165, 1.54) is 0 Å². The van der Waals surface area contributed by atoms with Gasteiger partial charge in [-0.1, -0.05) is 22.9 Å². The molecule has 0 atom stereocenters. The van der Waals surface area contributed by atoms with Crippen molar-refractivity contribution in [2.45, 2.75) is 32.8 Å². The Balaban J connectivity index is 2.39. The van der Waals surface area contributed by atoms with Gasteiger partial charge in [-0.25, -0.2) is 0 Å². The molecule has 0 aliphatic rings. The van der Waals surface area contributed by atoms with Crippen molar-refractivity contribution in [1.29, 1.82) is 0 Å². The van der Waals surface area contributed by atoms with Crippen LogP contribution in [0.4, 0.5) is 0 Å². The van der Waals surface area contributed by atoms with E-state index in [0.717, 1.165) is 16.5 Å².